The predicted molar refractivity (Wildman–Crippen MR) is 193 cm³/mol. The van der Waals surface area contributed by atoms with Gasteiger partial charge in [0, 0.05) is 36.8 Å². The standard InChI is InChI=1S/C35H36ClN8O7P/c1-34(2,3)18-39-29-21(15-37)16-38-30-26(29)10-22(11-27(30)36)44(33(46)50-19-51-52(47,48)49)31(28-17-43(41-40-28)35-12-20(13-35)14-35)24-6-5-7-25-23(24)8-9-42(4)32(25)45/h5-11,16-17,20,31H,12-14,18-19H2,1-4H3,(H,38,39)(H2,47,48,49). The first-order valence-corrected chi connectivity index (χ1v) is 18.4. The number of anilines is 2. The minimum Gasteiger partial charge on any atom is -0.421 e. The molecule has 2 bridgehead atoms. The second-order valence-electron chi connectivity index (χ2n) is 14.6. The quantitative estimate of drug-likeness (QED) is 0.112. The number of nitriles is 1. The Morgan fingerprint density at radius 2 is 1.96 bits per heavy atom. The van der Waals surface area contributed by atoms with E-state index in [1.54, 1.807) is 49.8 Å². The fourth-order valence-electron chi connectivity index (χ4n) is 7.00. The average Bonchev–Trinajstić information content (AvgIpc) is 3.50. The highest BCUT2D eigenvalue weighted by Gasteiger charge is 2.59. The number of ether oxygens (including phenoxy) is 1. The van der Waals surface area contributed by atoms with Crippen LogP contribution in [0.15, 0.2) is 59.8 Å². The second kappa shape index (κ2) is 13.0. The van der Waals surface area contributed by atoms with Gasteiger partial charge in [-0.05, 0) is 65.8 Å². The molecule has 3 fully saturated rings. The lowest BCUT2D eigenvalue weighted by Crippen LogP contribution is -2.59. The van der Waals surface area contributed by atoms with Gasteiger partial charge in [-0.3, -0.25) is 14.7 Å². The van der Waals surface area contributed by atoms with Crippen molar-refractivity contribution in [2.24, 2.45) is 18.4 Å². The SMILES string of the molecule is Cn1ccc2c(C(c3cn(C45CC(C4)C5)nn3)N(C(=O)OCOP(=O)(O)O)c3cc(Cl)c4ncc(C#N)c(NCC(C)(C)C)c4c3)cccc2c1=O. The normalized spacial score (nSPS) is 18.7. The first-order valence-electron chi connectivity index (χ1n) is 16.5. The summed E-state index contributed by atoms with van der Waals surface area (Å²) in [7, 11) is -3.38. The zero-order valence-electron chi connectivity index (χ0n) is 28.8. The van der Waals surface area contributed by atoms with E-state index in [1.165, 1.54) is 21.7 Å². The van der Waals surface area contributed by atoms with Gasteiger partial charge in [-0.2, -0.15) is 5.26 Å². The molecule has 0 aliphatic heterocycles. The van der Waals surface area contributed by atoms with Crippen LogP contribution in [0.5, 0.6) is 0 Å². The molecule has 1 atom stereocenters. The highest BCUT2D eigenvalue weighted by molar-refractivity contribution is 7.46. The third-order valence-electron chi connectivity index (χ3n) is 9.70. The summed E-state index contributed by atoms with van der Waals surface area (Å²) in [5.74, 6) is 0.644. The van der Waals surface area contributed by atoms with Crippen LogP contribution < -0.4 is 15.8 Å². The summed E-state index contributed by atoms with van der Waals surface area (Å²) in [4.78, 5) is 52.1. The minimum atomic E-state index is -5.02. The van der Waals surface area contributed by atoms with Crippen molar-refractivity contribution < 1.29 is 28.4 Å². The molecule has 15 nitrogen and oxygen atoms in total. The van der Waals surface area contributed by atoms with Gasteiger partial charge in [0.1, 0.15) is 17.8 Å². The molecule has 0 spiro atoms. The third kappa shape index (κ3) is 6.53. The zero-order valence-corrected chi connectivity index (χ0v) is 30.4. The van der Waals surface area contributed by atoms with Gasteiger partial charge in [-0.1, -0.05) is 49.7 Å². The fraction of sp³-hybridized carbons (Fsp3) is 0.371. The van der Waals surface area contributed by atoms with Crippen LogP contribution in [-0.4, -0.2) is 53.8 Å². The Morgan fingerprint density at radius 3 is 2.62 bits per heavy atom. The molecule has 3 aliphatic rings. The summed E-state index contributed by atoms with van der Waals surface area (Å²) in [5, 5.41) is 24.0. The van der Waals surface area contributed by atoms with Crippen LogP contribution in [0.4, 0.5) is 16.2 Å². The topological polar surface area (TPSA) is 198 Å². The molecular weight excluding hydrogens is 711 g/mol. The Kier molecular flexibility index (Phi) is 8.88. The van der Waals surface area contributed by atoms with Crippen molar-refractivity contribution in [2.45, 2.75) is 51.6 Å². The van der Waals surface area contributed by atoms with Gasteiger partial charge in [0.2, 0.25) is 6.79 Å². The van der Waals surface area contributed by atoms with Gasteiger partial charge < -0.3 is 24.4 Å². The van der Waals surface area contributed by atoms with Crippen LogP contribution in [0.3, 0.4) is 0 Å². The lowest BCUT2D eigenvalue weighted by atomic mass is 9.50. The van der Waals surface area contributed by atoms with Gasteiger partial charge in [0.05, 0.1) is 39.2 Å². The zero-order chi connectivity index (χ0) is 37.2. The van der Waals surface area contributed by atoms with E-state index >= 15 is 0 Å². The molecule has 3 N–H and O–H groups in total. The number of halogens is 1. The largest absolute Gasteiger partial charge is 0.472 e. The molecular formula is C35H36ClN8O7P. The molecule has 8 rings (SSSR count). The Hall–Kier alpha value is -4.84. The molecule has 2 aromatic carbocycles. The van der Waals surface area contributed by atoms with E-state index in [4.69, 9.17) is 16.3 Å². The number of benzene rings is 2. The van der Waals surface area contributed by atoms with E-state index in [0.29, 0.717) is 51.1 Å². The van der Waals surface area contributed by atoms with Crippen LogP contribution in [0, 0.1) is 22.7 Å². The summed E-state index contributed by atoms with van der Waals surface area (Å²) in [6.45, 7) is 5.50. The van der Waals surface area contributed by atoms with Gasteiger partial charge in [-0.25, -0.2) is 18.6 Å². The van der Waals surface area contributed by atoms with E-state index < -0.39 is 26.8 Å². The number of hydrogen-bond donors (Lipinski definition) is 3. The molecule has 3 saturated carbocycles. The van der Waals surface area contributed by atoms with Crippen molar-refractivity contribution in [1.82, 2.24) is 24.5 Å². The highest BCUT2D eigenvalue weighted by atomic mass is 35.5. The number of amides is 1. The maximum Gasteiger partial charge on any atom is 0.472 e. The highest BCUT2D eigenvalue weighted by Crippen LogP contribution is 2.62. The lowest BCUT2D eigenvalue weighted by molar-refractivity contribution is -0.0989. The van der Waals surface area contributed by atoms with Gasteiger partial charge in [0.25, 0.3) is 5.56 Å². The number of hydrogen-bond acceptors (Lipinski definition) is 10. The number of phosphoric acid groups is 1. The summed E-state index contributed by atoms with van der Waals surface area (Å²) >= 11 is 6.90. The van der Waals surface area contributed by atoms with E-state index in [-0.39, 0.29) is 32.8 Å². The number of aromatic nitrogens is 5. The molecule has 0 saturated heterocycles. The minimum absolute atomic E-state index is 0.142. The summed E-state index contributed by atoms with van der Waals surface area (Å²) in [5.41, 5.74) is 1.44. The van der Waals surface area contributed by atoms with Gasteiger partial charge in [0.15, 0.2) is 0 Å². The second-order valence-corrected chi connectivity index (χ2v) is 16.3. The smallest absolute Gasteiger partial charge is 0.421 e. The summed E-state index contributed by atoms with van der Waals surface area (Å²) in [6.07, 6.45) is 6.64. The molecule has 1 amide bonds. The van der Waals surface area contributed by atoms with E-state index in [9.17, 15) is 29.2 Å². The number of nitrogens with one attached hydrogen (secondary N) is 1. The number of nitrogens with zero attached hydrogens (tertiary/aromatic N) is 7. The number of carbonyl (C=O) groups is 1. The van der Waals surface area contributed by atoms with Gasteiger partial charge >= 0.3 is 13.9 Å². The monoisotopic (exact) mass is 746 g/mol. The van der Waals surface area contributed by atoms with Crippen LogP contribution in [0.1, 0.15) is 62.9 Å². The lowest BCUT2D eigenvalue weighted by Gasteiger charge is -2.61. The number of pyridine rings is 2. The van der Waals surface area contributed by atoms with E-state index in [0.717, 1.165) is 19.3 Å². The summed E-state index contributed by atoms with van der Waals surface area (Å²) < 4.78 is 24.7. The molecule has 52 heavy (non-hydrogen) atoms. The third-order valence-corrected chi connectivity index (χ3v) is 10.4. The van der Waals surface area contributed by atoms with Crippen LogP contribution in [-0.2, 0) is 26.4 Å². The Morgan fingerprint density at radius 1 is 1.21 bits per heavy atom. The number of phosphoric ester groups is 1. The molecule has 270 valence electrons. The Bertz CT molecular complexity index is 2380. The molecule has 3 heterocycles. The number of fused-ring (bicyclic) bond motifs is 2. The Labute approximate surface area is 303 Å². The van der Waals surface area contributed by atoms with Crippen LogP contribution in [0.25, 0.3) is 21.7 Å². The number of rotatable bonds is 10. The van der Waals surface area contributed by atoms with Crippen molar-refractivity contribution in [3.8, 4) is 6.07 Å². The first-order chi connectivity index (χ1) is 24.6. The number of aryl methyl sites for hydroxylation is 1. The molecule has 17 heteroatoms. The maximum absolute atomic E-state index is 14.4. The molecule has 3 aliphatic carbocycles. The summed E-state index contributed by atoms with van der Waals surface area (Å²) in [6, 6.07) is 11.1. The van der Waals surface area contributed by atoms with Crippen molar-refractivity contribution in [2.75, 3.05) is 23.6 Å². The number of carbonyl (C=O) groups excluding carboxylic acids is 1. The maximum atomic E-state index is 14.4. The van der Waals surface area contributed by atoms with Crippen molar-refractivity contribution in [3.05, 3.63) is 87.2 Å². The predicted octanol–water partition coefficient (Wildman–Crippen LogP) is 5.97. The van der Waals surface area contributed by atoms with Crippen LogP contribution >= 0.6 is 19.4 Å². The molecule has 1 unspecified atom stereocenters. The van der Waals surface area contributed by atoms with Crippen LogP contribution in [0.2, 0.25) is 5.02 Å². The van der Waals surface area contributed by atoms with E-state index in [2.05, 4.69) is 31.2 Å². The first kappa shape index (κ1) is 35.6. The Balaban J connectivity index is 1.47. The fourth-order valence-corrected chi connectivity index (χ4v) is 7.46. The molecule has 0 radical (unpaired) electrons. The molecule has 3 aromatic heterocycles. The van der Waals surface area contributed by atoms with Crippen molar-refractivity contribution in [1.29, 1.82) is 5.26 Å². The van der Waals surface area contributed by atoms with E-state index in [1.807, 2.05) is 25.5 Å². The van der Waals surface area contributed by atoms with Crippen molar-refractivity contribution in [3.63, 3.8) is 0 Å². The van der Waals surface area contributed by atoms with Crippen molar-refractivity contribution >= 4 is 58.6 Å². The van der Waals surface area contributed by atoms with Gasteiger partial charge in [-0.15, -0.1) is 5.10 Å². The average molecular weight is 747 g/mol. The molecule has 5 aromatic rings.